The van der Waals surface area contributed by atoms with Crippen molar-refractivity contribution < 1.29 is 17.6 Å². The summed E-state index contributed by atoms with van der Waals surface area (Å²) in [6, 6.07) is 11.3. The van der Waals surface area contributed by atoms with E-state index in [4.69, 9.17) is 4.42 Å². The van der Waals surface area contributed by atoms with E-state index < -0.39 is 10.0 Å². The molecule has 30 heavy (non-hydrogen) atoms. The van der Waals surface area contributed by atoms with E-state index in [9.17, 15) is 13.2 Å². The van der Waals surface area contributed by atoms with Gasteiger partial charge in [0.2, 0.25) is 15.9 Å². The number of benzene rings is 1. The lowest BCUT2D eigenvalue weighted by atomic mass is 10.1. The maximum absolute atomic E-state index is 13.1. The zero-order valence-corrected chi connectivity index (χ0v) is 18.4. The van der Waals surface area contributed by atoms with Gasteiger partial charge >= 0.3 is 0 Å². The Morgan fingerprint density at radius 1 is 1.17 bits per heavy atom. The highest BCUT2D eigenvalue weighted by Crippen LogP contribution is 2.24. The third-order valence-electron chi connectivity index (χ3n) is 4.85. The summed E-state index contributed by atoms with van der Waals surface area (Å²) in [6.07, 6.45) is 1.50. The average Bonchev–Trinajstić information content (AvgIpc) is 3.29. The summed E-state index contributed by atoms with van der Waals surface area (Å²) < 4.78 is 34.0. The van der Waals surface area contributed by atoms with Gasteiger partial charge in [0.05, 0.1) is 24.2 Å². The van der Waals surface area contributed by atoms with Gasteiger partial charge in [-0.15, -0.1) is 0 Å². The zero-order chi connectivity index (χ0) is 21.9. The van der Waals surface area contributed by atoms with Crippen molar-refractivity contribution in [1.29, 1.82) is 0 Å². The fraction of sp³-hybridized carbons (Fsp3) is 0.333. The molecule has 3 aromatic rings. The van der Waals surface area contributed by atoms with E-state index in [1.165, 1.54) is 22.3 Å². The number of furan rings is 1. The highest BCUT2D eigenvalue weighted by Gasteiger charge is 2.29. The Balaban J connectivity index is 1.71. The minimum absolute atomic E-state index is 0.0596. The Kier molecular flexibility index (Phi) is 6.42. The minimum atomic E-state index is -3.79. The Bertz CT molecular complexity index is 1120. The zero-order valence-electron chi connectivity index (χ0n) is 17.5. The van der Waals surface area contributed by atoms with E-state index in [-0.39, 0.29) is 23.9 Å². The average molecular weight is 431 g/mol. The predicted molar refractivity (Wildman–Crippen MR) is 112 cm³/mol. The van der Waals surface area contributed by atoms with Crippen molar-refractivity contribution in [2.45, 2.75) is 45.3 Å². The Labute approximate surface area is 176 Å². The van der Waals surface area contributed by atoms with Gasteiger partial charge in [-0.2, -0.15) is 9.40 Å². The highest BCUT2D eigenvalue weighted by atomic mass is 32.2. The van der Waals surface area contributed by atoms with E-state index in [0.717, 1.165) is 11.1 Å². The van der Waals surface area contributed by atoms with Crippen molar-refractivity contribution in [2.75, 3.05) is 7.05 Å². The number of amides is 1. The number of nitrogens with one attached hydrogen (secondary N) is 1. The Morgan fingerprint density at radius 2 is 1.87 bits per heavy atom. The molecule has 0 radical (unpaired) electrons. The van der Waals surface area contributed by atoms with E-state index in [1.807, 2.05) is 31.2 Å². The number of nitrogens with zero attached hydrogens (tertiary/aromatic N) is 3. The number of carbonyl (C=O) groups excluding carboxylic acids is 1. The van der Waals surface area contributed by atoms with E-state index >= 15 is 0 Å². The first-order valence-corrected chi connectivity index (χ1v) is 11.0. The predicted octanol–water partition coefficient (Wildman–Crippen LogP) is 2.54. The number of aryl methyl sites for hydroxylation is 2. The third kappa shape index (κ3) is 4.80. The molecule has 8 nitrogen and oxygen atoms in total. The molecule has 1 N–H and O–H groups in total. The molecule has 0 fully saturated rings. The van der Waals surface area contributed by atoms with Crippen molar-refractivity contribution in [3.63, 3.8) is 0 Å². The molecule has 0 aliphatic heterocycles. The highest BCUT2D eigenvalue weighted by molar-refractivity contribution is 7.89. The van der Waals surface area contributed by atoms with Crippen LogP contribution in [0.3, 0.4) is 0 Å². The molecular weight excluding hydrogens is 404 g/mol. The van der Waals surface area contributed by atoms with Crippen molar-refractivity contribution in [3.8, 4) is 0 Å². The standard InChI is InChI=1S/C21H26N4O4S/c1-15-7-9-18(10-8-15)12-22-20(26)14-25-17(3)21(16(2)23-25)30(27,28)24(4)13-19-6-5-11-29-19/h5-11H,12-14H2,1-4H3,(H,22,26). The van der Waals surface area contributed by atoms with Gasteiger partial charge in [-0.25, -0.2) is 8.42 Å². The molecule has 0 bridgehead atoms. The van der Waals surface area contributed by atoms with Crippen molar-refractivity contribution in [3.05, 3.63) is 70.9 Å². The summed E-state index contributed by atoms with van der Waals surface area (Å²) in [4.78, 5) is 12.5. The smallest absolute Gasteiger partial charge is 0.246 e. The SMILES string of the molecule is Cc1ccc(CNC(=O)Cn2nc(C)c(S(=O)(=O)N(C)Cc3ccco3)c2C)cc1. The van der Waals surface area contributed by atoms with E-state index in [1.54, 1.807) is 26.0 Å². The summed E-state index contributed by atoms with van der Waals surface area (Å²) in [5.74, 6) is 0.299. The molecule has 0 spiro atoms. The lowest BCUT2D eigenvalue weighted by molar-refractivity contribution is -0.122. The summed E-state index contributed by atoms with van der Waals surface area (Å²) in [5.41, 5.74) is 2.91. The van der Waals surface area contributed by atoms with Crippen LogP contribution in [-0.2, 0) is 34.5 Å². The van der Waals surface area contributed by atoms with Gasteiger partial charge in [0.1, 0.15) is 17.2 Å². The lowest BCUT2D eigenvalue weighted by Gasteiger charge is -2.16. The van der Waals surface area contributed by atoms with Gasteiger partial charge in [-0.3, -0.25) is 9.48 Å². The molecular formula is C21H26N4O4S. The van der Waals surface area contributed by atoms with Gasteiger partial charge < -0.3 is 9.73 Å². The maximum Gasteiger partial charge on any atom is 0.246 e. The monoisotopic (exact) mass is 430 g/mol. The Hall–Kier alpha value is -2.91. The first kappa shape index (κ1) is 21.8. The summed E-state index contributed by atoms with van der Waals surface area (Å²) in [7, 11) is -2.30. The molecule has 0 aliphatic carbocycles. The molecule has 2 aromatic heterocycles. The second-order valence-corrected chi connectivity index (χ2v) is 9.24. The molecule has 160 valence electrons. The number of rotatable bonds is 8. The molecule has 9 heteroatoms. The molecule has 0 unspecified atom stereocenters. The topological polar surface area (TPSA) is 97.4 Å². The van der Waals surface area contributed by atoms with Crippen LogP contribution in [0.1, 0.15) is 28.3 Å². The van der Waals surface area contributed by atoms with Crippen LogP contribution in [0.2, 0.25) is 0 Å². The molecule has 0 atom stereocenters. The van der Waals surface area contributed by atoms with Crippen LogP contribution in [-0.4, -0.2) is 35.5 Å². The molecule has 1 amide bonds. The number of sulfonamides is 1. The van der Waals surface area contributed by atoms with Crippen molar-refractivity contribution in [1.82, 2.24) is 19.4 Å². The number of hydrogen-bond donors (Lipinski definition) is 1. The molecule has 2 heterocycles. The van der Waals surface area contributed by atoms with Crippen LogP contribution in [0.4, 0.5) is 0 Å². The molecule has 0 aliphatic rings. The van der Waals surface area contributed by atoms with Crippen LogP contribution in [0.5, 0.6) is 0 Å². The summed E-state index contributed by atoms with van der Waals surface area (Å²) in [5, 5.41) is 7.13. The minimum Gasteiger partial charge on any atom is -0.468 e. The van der Waals surface area contributed by atoms with Crippen molar-refractivity contribution >= 4 is 15.9 Å². The van der Waals surface area contributed by atoms with E-state index in [0.29, 0.717) is 23.7 Å². The van der Waals surface area contributed by atoms with Gasteiger partial charge in [-0.1, -0.05) is 29.8 Å². The largest absolute Gasteiger partial charge is 0.468 e. The van der Waals surface area contributed by atoms with Crippen LogP contribution in [0, 0.1) is 20.8 Å². The van der Waals surface area contributed by atoms with Gasteiger partial charge in [-0.05, 0) is 38.5 Å². The molecule has 0 saturated heterocycles. The van der Waals surface area contributed by atoms with Gasteiger partial charge in [0.15, 0.2) is 0 Å². The lowest BCUT2D eigenvalue weighted by Crippen LogP contribution is -2.29. The normalized spacial score (nSPS) is 11.8. The van der Waals surface area contributed by atoms with E-state index in [2.05, 4.69) is 10.4 Å². The number of hydrogen-bond acceptors (Lipinski definition) is 5. The van der Waals surface area contributed by atoms with Gasteiger partial charge in [0, 0.05) is 13.6 Å². The molecule has 1 aromatic carbocycles. The fourth-order valence-electron chi connectivity index (χ4n) is 3.17. The van der Waals surface area contributed by atoms with Gasteiger partial charge in [0.25, 0.3) is 0 Å². The molecule has 0 saturated carbocycles. The second kappa shape index (κ2) is 8.85. The second-order valence-electron chi connectivity index (χ2n) is 7.26. The number of carbonyl (C=O) groups is 1. The molecule has 3 rings (SSSR count). The Morgan fingerprint density at radius 3 is 2.50 bits per heavy atom. The quantitative estimate of drug-likeness (QED) is 0.592. The summed E-state index contributed by atoms with van der Waals surface area (Å²) in [6.45, 7) is 5.73. The fourth-order valence-corrected chi connectivity index (χ4v) is 4.67. The first-order chi connectivity index (χ1) is 14.2. The van der Waals surface area contributed by atoms with Crippen LogP contribution < -0.4 is 5.32 Å². The van der Waals surface area contributed by atoms with Crippen LogP contribution in [0.25, 0.3) is 0 Å². The summed E-state index contributed by atoms with van der Waals surface area (Å²) >= 11 is 0. The van der Waals surface area contributed by atoms with Crippen LogP contribution in [0.15, 0.2) is 52.0 Å². The third-order valence-corrected chi connectivity index (χ3v) is 6.90. The van der Waals surface area contributed by atoms with Crippen molar-refractivity contribution in [2.24, 2.45) is 0 Å². The first-order valence-electron chi connectivity index (χ1n) is 9.53. The number of aromatic nitrogens is 2. The maximum atomic E-state index is 13.1. The van der Waals surface area contributed by atoms with Crippen LogP contribution >= 0.6 is 0 Å².